The Hall–Kier alpha value is -0.940. The molecule has 1 atom stereocenters. The zero-order valence-electron chi connectivity index (χ0n) is 10.0. The Morgan fingerprint density at radius 2 is 2.29 bits per heavy atom. The van der Waals surface area contributed by atoms with Crippen LogP contribution < -0.4 is 5.32 Å². The molecule has 0 spiro atoms. The van der Waals surface area contributed by atoms with Crippen LogP contribution in [0.5, 0.6) is 0 Å². The van der Waals surface area contributed by atoms with E-state index in [0.717, 1.165) is 18.0 Å². The Kier molecular flexibility index (Phi) is 4.12. The minimum atomic E-state index is -0.325. The molecule has 0 aromatic carbocycles. The number of nitro groups is 1. The maximum absolute atomic E-state index is 10.6. The molecule has 94 valence electrons. The minimum Gasteiger partial charge on any atom is -0.310 e. The van der Waals surface area contributed by atoms with E-state index in [1.807, 2.05) is 5.38 Å². The highest BCUT2D eigenvalue weighted by Crippen LogP contribution is 2.28. The van der Waals surface area contributed by atoms with Gasteiger partial charge in [0.05, 0.1) is 4.92 Å². The molecule has 1 aromatic rings. The van der Waals surface area contributed by atoms with Crippen LogP contribution in [0, 0.1) is 16.0 Å². The van der Waals surface area contributed by atoms with Gasteiger partial charge in [-0.05, 0) is 31.2 Å². The highest BCUT2D eigenvalue weighted by molar-refractivity contribution is 7.13. The summed E-state index contributed by atoms with van der Waals surface area (Å²) in [6.45, 7) is 2.96. The molecule has 1 aromatic heterocycles. The number of hydrogen-bond acceptors (Lipinski definition) is 4. The molecule has 0 saturated heterocycles. The van der Waals surface area contributed by atoms with Crippen LogP contribution in [-0.4, -0.2) is 11.0 Å². The first-order valence-electron chi connectivity index (χ1n) is 6.12. The summed E-state index contributed by atoms with van der Waals surface area (Å²) in [5.41, 5.74) is 1.02. The molecule has 0 radical (unpaired) electrons. The first-order valence-corrected chi connectivity index (χ1v) is 7.00. The van der Waals surface area contributed by atoms with Gasteiger partial charge in [-0.25, -0.2) is 0 Å². The Morgan fingerprint density at radius 1 is 1.59 bits per heavy atom. The third-order valence-electron chi connectivity index (χ3n) is 3.55. The van der Waals surface area contributed by atoms with E-state index >= 15 is 0 Å². The number of rotatable bonds is 5. The summed E-state index contributed by atoms with van der Waals surface area (Å²) in [5.74, 6) is 0.781. The molecule has 1 aliphatic carbocycles. The first-order chi connectivity index (χ1) is 8.16. The molecule has 0 amide bonds. The average molecular weight is 254 g/mol. The van der Waals surface area contributed by atoms with Crippen molar-refractivity contribution in [1.29, 1.82) is 0 Å². The van der Waals surface area contributed by atoms with Gasteiger partial charge >= 0.3 is 5.00 Å². The molecule has 1 aliphatic rings. The largest absolute Gasteiger partial charge is 0.324 e. The summed E-state index contributed by atoms with van der Waals surface area (Å²) in [4.78, 5) is 10.2. The van der Waals surface area contributed by atoms with E-state index in [0.29, 0.717) is 6.04 Å². The van der Waals surface area contributed by atoms with Crippen molar-refractivity contribution in [2.24, 2.45) is 5.92 Å². The van der Waals surface area contributed by atoms with Crippen molar-refractivity contribution in [2.45, 2.75) is 45.2 Å². The fraction of sp³-hybridized carbons (Fsp3) is 0.667. The number of nitrogens with one attached hydrogen (secondary N) is 1. The van der Waals surface area contributed by atoms with Crippen LogP contribution in [0.15, 0.2) is 11.4 Å². The van der Waals surface area contributed by atoms with Crippen molar-refractivity contribution in [3.05, 3.63) is 27.1 Å². The zero-order chi connectivity index (χ0) is 12.3. The predicted octanol–water partition coefficient (Wildman–Crippen LogP) is 3.32. The summed E-state index contributed by atoms with van der Waals surface area (Å²) in [6.07, 6.45) is 5.33. The summed E-state index contributed by atoms with van der Waals surface area (Å²) in [7, 11) is 0. The zero-order valence-corrected chi connectivity index (χ0v) is 10.8. The van der Waals surface area contributed by atoms with Crippen molar-refractivity contribution in [1.82, 2.24) is 5.32 Å². The van der Waals surface area contributed by atoms with E-state index in [9.17, 15) is 10.1 Å². The molecule has 17 heavy (non-hydrogen) atoms. The lowest BCUT2D eigenvalue weighted by Crippen LogP contribution is -2.31. The van der Waals surface area contributed by atoms with E-state index in [2.05, 4.69) is 12.2 Å². The van der Waals surface area contributed by atoms with Crippen LogP contribution in [0.25, 0.3) is 0 Å². The standard InChI is InChI=1S/C12H18N2O2S/c1-9(11-4-2-3-5-11)13-7-10-6-12(14(15)16)17-8-10/h6,8-9,11,13H,2-5,7H2,1H3. The van der Waals surface area contributed by atoms with Crippen molar-refractivity contribution in [2.75, 3.05) is 0 Å². The molecule has 1 heterocycles. The van der Waals surface area contributed by atoms with Crippen LogP contribution in [0.3, 0.4) is 0 Å². The van der Waals surface area contributed by atoms with Gasteiger partial charge < -0.3 is 5.32 Å². The monoisotopic (exact) mass is 254 g/mol. The summed E-state index contributed by atoms with van der Waals surface area (Å²) in [6, 6.07) is 2.18. The molecule has 1 saturated carbocycles. The lowest BCUT2D eigenvalue weighted by molar-refractivity contribution is -0.380. The van der Waals surface area contributed by atoms with Gasteiger partial charge in [-0.2, -0.15) is 0 Å². The second-order valence-electron chi connectivity index (χ2n) is 4.76. The fourth-order valence-electron chi connectivity index (χ4n) is 2.45. The van der Waals surface area contributed by atoms with Crippen LogP contribution in [0.4, 0.5) is 5.00 Å². The van der Waals surface area contributed by atoms with Crippen molar-refractivity contribution in [3.8, 4) is 0 Å². The first kappa shape index (κ1) is 12.5. The van der Waals surface area contributed by atoms with E-state index in [-0.39, 0.29) is 9.92 Å². The quantitative estimate of drug-likeness (QED) is 0.647. The van der Waals surface area contributed by atoms with Crippen molar-refractivity contribution < 1.29 is 4.92 Å². The van der Waals surface area contributed by atoms with E-state index in [1.165, 1.54) is 37.0 Å². The SMILES string of the molecule is CC(NCc1csc([N+](=O)[O-])c1)C1CCCC1. The van der Waals surface area contributed by atoms with Gasteiger partial charge in [0.2, 0.25) is 0 Å². The van der Waals surface area contributed by atoms with Crippen molar-refractivity contribution >= 4 is 16.3 Å². The average Bonchev–Trinajstić information content (AvgIpc) is 2.97. The predicted molar refractivity (Wildman–Crippen MR) is 69.2 cm³/mol. The molecular formula is C12H18N2O2S. The second kappa shape index (κ2) is 5.60. The lowest BCUT2D eigenvalue weighted by Gasteiger charge is -2.19. The third kappa shape index (κ3) is 3.26. The summed E-state index contributed by atoms with van der Waals surface area (Å²) in [5, 5.41) is 16.1. The van der Waals surface area contributed by atoms with E-state index in [4.69, 9.17) is 0 Å². The molecule has 4 nitrogen and oxygen atoms in total. The molecule has 5 heteroatoms. The van der Waals surface area contributed by atoms with Crippen LogP contribution in [0.1, 0.15) is 38.2 Å². The second-order valence-corrected chi connectivity index (χ2v) is 5.65. The number of thiophene rings is 1. The van der Waals surface area contributed by atoms with Gasteiger partial charge in [0.25, 0.3) is 0 Å². The normalized spacial score (nSPS) is 18.4. The molecule has 1 unspecified atom stereocenters. The van der Waals surface area contributed by atoms with Gasteiger partial charge in [0.15, 0.2) is 0 Å². The maximum atomic E-state index is 10.6. The topological polar surface area (TPSA) is 55.2 Å². The molecule has 0 bridgehead atoms. The third-order valence-corrected chi connectivity index (χ3v) is 4.48. The van der Waals surface area contributed by atoms with E-state index < -0.39 is 0 Å². The molecule has 1 fully saturated rings. The van der Waals surface area contributed by atoms with Crippen molar-refractivity contribution in [3.63, 3.8) is 0 Å². The molecule has 1 N–H and O–H groups in total. The van der Waals surface area contributed by atoms with E-state index in [1.54, 1.807) is 6.07 Å². The maximum Gasteiger partial charge on any atom is 0.324 e. The Bertz CT molecular complexity index is 386. The Labute approximate surface area is 105 Å². The molecular weight excluding hydrogens is 236 g/mol. The van der Waals surface area contributed by atoms with Gasteiger partial charge in [0, 0.05) is 24.0 Å². The minimum absolute atomic E-state index is 0.232. The van der Waals surface area contributed by atoms with Gasteiger partial charge in [-0.1, -0.05) is 24.2 Å². The molecule has 0 aliphatic heterocycles. The van der Waals surface area contributed by atoms with Gasteiger partial charge in [-0.3, -0.25) is 10.1 Å². The smallest absolute Gasteiger partial charge is 0.310 e. The van der Waals surface area contributed by atoms with Crippen LogP contribution in [0.2, 0.25) is 0 Å². The fourth-order valence-corrected chi connectivity index (χ4v) is 3.18. The number of hydrogen-bond donors (Lipinski definition) is 1. The van der Waals surface area contributed by atoms with Crippen LogP contribution in [-0.2, 0) is 6.54 Å². The molecule has 2 rings (SSSR count). The van der Waals surface area contributed by atoms with Crippen LogP contribution >= 0.6 is 11.3 Å². The summed E-state index contributed by atoms with van der Waals surface area (Å²) < 4.78 is 0. The summed E-state index contributed by atoms with van der Waals surface area (Å²) >= 11 is 1.20. The highest BCUT2D eigenvalue weighted by Gasteiger charge is 2.21. The van der Waals surface area contributed by atoms with Gasteiger partial charge in [-0.15, -0.1) is 0 Å². The highest BCUT2D eigenvalue weighted by atomic mass is 32.1. The lowest BCUT2D eigenvalue weighted by atomic mass is 10.00. The Balaban J connectivity index is 1.82. The Morgan fingerprint density at radius 3 is 2.88 bits per heavy atom. The number of nitrogens with zero attached hydrogens (tertiary/aromatic N) is 1. The van der Waals surface area contributed by atoms with Gasteiger partial charge in [0.1, 0.15) is 0 Å².